The van der Waals surface area contributed by atoms with Gasteiger partial charge >= 0.3 is 5.97 Å². The van der Waals surface area contributed by atoms with E-state index in [0.29, 0.717) is 6.42 Å². The Labute approximate surface area is 122 Å². The molecule has 0 spiro atoms. The van der Waals surface area contributed by atoms with Gasteiger partial charge in [-0.05, 0) is 43.9 Å². The van der Waals surface area contributed by atoms with Crippen LogP contribution in [0, 0.1) is 0 Å². The number of hydrogen-bond acceptors (Lipinski definition) is 5. The summed E-state index contributed by atoms with van der Waals surface area (Å²) in [5.74, 6) is -1.40. The Morgan fingerprint density at radius 3 is 2.76 bits per heavy atom. The second-order valence-corrected chi connectivity index (χ2v) is 5.17. The lowest BCUT2D eigenvalue weighted by Crippen LogP contribution is -2.18. The van der Waals surface area contributed by atoms with Crippen LogP contribution in [0.3, 0.4) is 0 Å². The van der Waals surface area contributed by atoms with E-state index in [-0.39, 0.29) is 40.9 Å². The number of fused-ring (bicyclic) bond motifs is 1. The van der Waals surface area contributed by atoms with Crippen molar-refractivity contribution in [2.75, 3.05) is 0 Å². The van der Waals surface area contributed by atoms with Crippen LogP contribution in [-0.4, -0.2) is 28.1 Å². The topological polar surface area (TPSA) is 83.8 Å². The average Bonchev–Trinajstić information content (AvgIpc) is 2.35. The minimum absolute atomic E-state index is 0.0363. The zero-order valence-electron chi connectivity index (χ0n) is 11.8. The number of aromatic hydroxyl groups is 2. The van der Waals surface area contributed by atoms with Crippen LogP contribution >= 0.6 is 0 Å². The smallest absolute Gasteiger partial charge is 0.310 e. The van der Waals surface area contributed by atoms with Crippen LogP contribution in [0.2, 0.25) is 0 Å². The first-order valence-corrected chi connectivity index (χ1v) is 6.92. The van der Waals surface area contributed by atoms with E-state index < -0.39 is 5.97 Å². The van der Waals surface area contributed by atoms with E-state index in [2.05, 4.69) is 0 Å². The van der Waals surface area contributed by atoms with E-state index in [9.17, 15) is 19.8 Å². The number of rotatable bonds is 0. The van der Waals surface area contributed by atoms with Crippen LogP contribution < -0.4 is 0 Å². The van der Waals surface area contributed by atoms with Crippen LogP contribution in [0.4, 0.5) is 0 Å². The van der Waals surface area contributed by atoms with Gasteiger partial charge in [-0.3, -0.25) is 9.59 Å². The number of phenolic OH excluding ortho intramolecular Hbond substituents is 2. The molecule has 1 atom stereocenters. The minimum atomic E-state index is -0.480. The first-order chi connectivity index (χ1) is 9.97. The van der Waals surface area contributed by atoms with Crippen molar-refractivity contribution in [2.24, 2.45) is 0 Å². The molecule has 1 aliphatic heterocycles. The molecule has 1 heterocycles. The number of allylic oxidation sites excluding steroid dienone is 2. The van der Waals surface area contributed by atoms with Gasteiger partial charge in [0, 0.05) is 6.07 Å². The van der Waals surface area contributed by atoms with E-state index in [0.717, 1.165) is 18.9 Å². The first kappa shape index (κ1) is 15.1. The first-order valence-electron chi connectivity index (χ1n) is 6.92. The van der Waals surface area contributed by atoms with E-state index >= 15 is 0 Å². The Morgan fingerprint density at radius 2 is 2.00 bits per heavy atom. The molecule has 0 amide bonds. The highest BCUT2D eigenvalue weighted by atomic mass is 16.6. The summed E-state index contributed by atoms with van der Waals surface area (Å²) in [6, 6.07) is 2.39. The fourth-order valence-electron chi connectivity index (χ4n) is 2.37. The van der Waals surface area contributed by atoms with Gasteiger partial charge in [0.15, 0.2) is 5.78 Å². The molecule has 0 radical (unpaired) electrons. The number of ether oxygens (including phenoxy) is 1. The van der Waals surface area contributed by atoms with E-state index in [1.165, 1.54) is 12.1 Å². The number of benzene rings is 1. The molecule has 0 saturated carbocycles. The summed E-state index contributed by atoms with van der Waals surface area (Å²) < 4.78 is 5.26. The van der Waals surface area contributed by atoms with Crippen molar-refractivity contribution in [1.82, 2.24) is 0 Å². The molecule has 0 aliphatic carbocycles. The fraction of sp³-hybridized carbons (Fsp3) is 0.375. The molecular weight excluding hydrogens is 274 g/mol. The lowest BCUT2D eigenvalue weighted by molar-refractivity contribution is -0.147. The molecule has 112 valence electrons. The molecule has 0 saturated heterocycles. The molecule has 5 heteroatoms. The molecule has 1 aromatic carbocycles. The van der Waals surface area contributed by atoms with Gasteiger partial charge in [0.2, 0.25) is 0 Å². The molecule has 2 N–H and O–H groups in total. The third-order valence-corrected chi connectivity index (χ3v) is 3.35. The zero-order chi connectivity index (χ0) is 15.4. The summed E-state index contributed by atoms with van der Waals surface area (Å²) in [6.07, 6.45) is 5.01. The second kappa shape index (κ2) is 6.43. The summed E-state index contributed by atoms with van der Waals surface area (Å²) in [5.41, 5.74) is 0.300. The Kier molecular flexibility index (Phi) is 4.62. The van der Waals surface area contributed by atoms with E-state index in [1.807, 2.05) is 6.92 Å². The maximum Gasteiger partial charge on any atom is 0.310 e. The molecule has 0 bridgehead atoms. The average molecular weight is 292 g/mol. The predicted molar refractivity (Wildman–Crippen MR) is 76.4 cm³/mol. The maximum absolute atomic E-state index is 12.1. The normalized spacial score (nSPS) is 21.7. The second-order valence-electron chi connectivity index (χ2n) is 5.17. The van der Waals surface area contributed by atoms with Crippen molar-refractivity contribution in [2.45, 2.75) is 38.7 Å². The lowest BCUT2D eigenvalue weighted by Gasteiger charge is -2.15. The summed E-state index contributed by atoms with van der Waals surface area (Å²) in [5, 5.41) is 19.4. The van der Waals surface area contributed by atoms with Crippen molar-refractivity contribution in [3.05, 3.63) is 35.4 Å². The van der Waals surface area contributed by atoms with Gasteiger partial charge in [-0.2, -0.15) is 0 Å². The number of cyclic esters (lactones) is 1. The maximum atomic E-state index is 12.1. The van der Waals surface area contributed by atoms with Crippen LogP contribution in [0.25, 0.3) is 0 Å². The number of carbonyl (C=O) groups excluding carboxylic acids is 2. The van der Waals surface area contributed by atoms with Crippen molar-refractivity contribution in [3.8, 4) is 11.5 Å². The van der Waals surface area contributed by atoms with Crippen molar-refractivity contribution < 1.29 is 24.5 Å². The highest BCUT2D eigenvalue weighted by Gasteiger charge is 2.20. The van der Waals surface area contributed by atoms with Gasteiger partial charge in [0.05, 0.1) is 18.1 Å². The zero-order valence-corrected chi connectivity index (χ0v) is 11.8. The van der Waals surface area contributed by atoms with Crippen LogP contribution in [0.1, 0.15) is 42.1 Å². The molecule has 1 unspecified atom stereocenters. The number of hydrogen-bond donors (Lipinski definition) is 2. The predicted octanol–water partition coefficient (Wildman–Crippen LogP) is 2.49. The molecule has 0 aromatic heterocycles. The highest BCUT2D eigenvalue weighted by Crippen LogP contribution is 2.29. The largest absolute Gasteiger partial charge is 0.508 e. The highest BCUT2D eigenvalue weighted by molar-refractivity contribution is 6.08. The van der Waals surface area contributed by atoms with Gasteiger partial charge in [-0.1, -0.05) is 6.08 Å². The Hall–Kier alpha value is -2.30. The lowest BCUT2D eigenvalue weighted by atomic mass is 10.0. The number of ketones is 1. The van der Waals surface area contributed by atoms with Gasteiger partial charge in [-0.25, -0.2) is 0 Å². The third kappa shape index (κ3) is 3.84. The Morgan fingerprint density at radius 1 is 1.24 bits per heavy atom. The molecule has 5 nitrogen and oxygen atoms in total. The van der Waals surface area contributed by atoms with Crippen molar-refractivity contribution in [1.29, 1.82) is 0 Å². The van der Waals surface area contributed by atoms with Crippen molar-refractivity contribution >= 4 is 11.8 Å². The molecule has 1 aliphatic rings. The van der Waals surface area contributed by atoms with E-state index in [4.69, 9.17) is 4.74 Å². The quantitative estimate of drug-likeness (QED) is 0.567. The molecule has 0 fully saturated rings. The summed E-state index contributed by atoms with van der Waals surface area (Å²) in [6.45, 7) is 1.82. The van der Waals surface area contributed by atoms with Gasteiger partial charge in [-0.15, -0.1) is 0 Å². The summed E-state index contributed by atoms with van der Waals surface area (Å²) in [7, 11) is 0. The Bertz CT molecular complexity index is 589. The molecule has 1 aromatic rings. The van der Waals surface area contributed by atoms with Crippen LogP contribution in [0.15, 0.2) is 24.3 Å². The fourth-order valence-corrected chi connectivity index (χ4v) is 2.37. The minimum Gasteiger partial charge on any atom is -0.508 e. The standard InChI is InChI=1S/C16H18O5/c1-10-5-3-2-4-6-13(18)16-11(8-15(20)21-10)7-12(17)9-14(16)19/h4,6-7,9-10,17,19H,2-3,5,8H2,1H3/b6-4+/i8+1,15+1. The number of esters is 1. The van der Waals surface area contributed by atoms with Crippen molar-refractivity contribution in [3.63, 3.8) is 0 Å². The summed E-state index contributed by atoms with van der Waals surface area (Å²) in [4.78, 5) is 24.0. The van der Waals surface area contributed by atoms with Crippen LogP contribution in [-0.2, 0) is 16.0 Å². The summed E-state index contributed by atoms with van der Waals surface area (Å²) >= 11 is 0. The molecular formula is C16H18O5. The van der Waals surface area contributed by atoms with Crippen LogP contribution in [0.5, 0.6) is 11.5 Å². The van der Waals surface area contributed by atoms with Gasteiger partial charge < -0.3 is 14.9 Å². The van der Waals surface area contributed by atoms with Gasteiger partial charge in [0.25, 0.3) is 0 Å². The monoisotopic (exact) mass is 292 g/mol. The Balaban J connectivity index is 2.43. The third-order valence-electron chi connectivity index (χ3n) is 3.35. The van der Waals surface area contributed by atoms with Gasteiger partial charge in [0.1, 0.15) is 11.5 Å². The van der Waals surface area contributed by atoms with E-state index in [1.54, 1.807) is 6.08 Å². The SMILES string of the molecule is CC1CCC/C=C/C(=O)c2c(O)cc(O)cc2[13CH2][13C](=O)O1. The number of carbonyl (C=O) groups is 2. The number of phenols is 2. The molecule has 2 rings (SSSR count). The molecule has 21 heavy (non-hydrogen) atoms.